The third kappa shape index (κ3) is 6.58. The summed E-state index contributed by atoms with van der Waals surface area (Å²) in [5.41, 5.74) is 1.97. The zero-order valence-electron chi connectivity index (χ0n) is 20.3. The Bertz CT molecular complexity index is 1280. The molecule has 0 bridgehead atoms. The first-order chi connectivity index (χ1) is 17.4. The van der Waals surface area contributed by atoms with Gasteiger partial charge in [0.2, 0.25) is 0 Å². The molecule has 3 aromatic rings. The lowest BCUT2D eigenvalue weighted by molar-refractivity contribution is -0.139. The lowest BCUT2D eigenvalue weighted by Crippen LogP contribution is -2.41. The van der Waals surface area contributed by atoms with Gasteiger partial charge >= 0.3 is 5.97 Å². The lowest BCUT2D eigenvalue weighted by atomic mass is 9.80. The van der Waals surface area contributed by atoms with Gasteiger partial charge in [0.05, 0.1) is 25.4 Å². The Hall–Kier alpha value is -3.50. The number of ether oxygens (including phenoxy) is 1. The molecule has 0 aliphatic carbocycles. The number of likely N-dealkylation sites (tertiary alicyclic amines) is 1. The van der Waals surface area contributed by atoms with Crippen LogP contribution in [0.2, 0.25) is 0 Å². The maximum absolute atomic E-state index is 14.7. The minimum atomic E-state index is -0.809. The molecule has 1 saturated heterocycles. The molecule has 36 heavy (non-hydrogen) atoms. The van der Waals surface area contributed by atoms with Gasteiger partial charge in [0, 0.05) is 23.9 Å². The van der Waals surface area contributed by atoms with Crippen molar-refractivity contribution >= 4 is 16.9 Å². The van der Waals surface area contributed by atoms with Crippen LogP contribution in [0.3, 0.4) is 0 Å². The van der Waals surface area contributed by atoms with Crippen LogP contribution in [0.25, 0.3) is 10.9 Å². The fourth-order valence-electron chi connectivity index (χ4n) is 5.08. The number of rotatable bonds is 8. The zero-order chi connectivity index (χ0) is 25.5. The Labute approximate surface area is 210 Å². The minimum absolute atomic E-state index is 0.00587. The number of hydrogen-bond acceptors (Lipinski definition) is 4. The molecule has 0 amide bonds. The predicted octanol–water partition coefficient (Wildman–Crippen LogP) is 5.31. The van der Waals surface area contributed by atoms with Crippen LogP contribution < -0.4 is 4.74 Å². The van der Waals surface area contributed by atoms with Gasteiger partial charge in [-0.05, 0) is 86.0 Å². The van der Waals surface area contributed by atoms with Gasteiger partial charge < -0.3 is 9.84 Å². The number of aromatic nitrogens is 1. The highest BCUT2D eigenvalue weighted by Gasteiger charge is 2.30. The number of aliphatic carboxylic acids is 1. The molecule has 0 radical (unpaired) electrons. The Morgan fingerprint density at radius 3 is 2.86 bits per heavy atom. The number of pyridine rings is 1. The van der Waals surface area contributed by atoms with Crippen molar-refractivity contribution in [3.05, 3.63) is 71.4 Å². The van der Waals surface area contributed by atoms with Crippen LogP contribution in [0.4, 0.5) is 8.78 Å². The number of carboxylic acids is 1. The standard InChI is InChI=1S/C29H30F2N2O3/c1-36-24-10-11-28-26(17-24)25(27(31)18-32-28)9-3-7-21-12-14-33(19-22(21)16-29(34)35)13-4-6-20-5-2-8-23(30)15-20/h2,5,8,10-11,15,17-18,21-22H,3,7,9,12-14,16,19H2,1H3,(H,34,35)/t21-,22-/m1/s1. The first-order valence-electron chi connectivity index (χ1n) is 12.2. The molecule has 0 spiro atoms. The van der Waals surface area contributed by atoms with Gasteiger partial charge in [-0.1, -0.05) is 17.9 Å². The number of hydrogen-bond donors (Lipinski definition) is 1. The van der Waals surface area contributed by atoms with Crippen LogP contribution in [0.15, 0.2) is 48.7 Å². The van der Waals surface area contributed by atoms with E-state index in [4.69, 9.17) is 4.74 Å². The Morgan fingerprint density at radius 2 is 2.08 bits per heavy atom. The van der Waals surface area contributed by atoms with Crippen molar-refractivity contribution in [2.45, 2.75) is 32.1 Å². The molecule has 1 aliphatic heterocycles. The Kier molecular flexibility index (Phi) is 8.50. The second-order valence-corrected chi connectivity index (χ2v) is 9.31. The molecule has 5 nitrogen and oxygen atoms in total. The van der Waals surface area contributed by atoms with E-state index >= 15 is 0 Å². The topological polar surface area (TPSA) is 62.7 Å². The summed E-state index contributed by atoms with van der Waals surface area (Å²) in [6.07, 6.45) is 4.37. The maximum atomic E-state index is 14.7. The molecule has 2 atom stereocenters. The summed E-state index contributed by atoms with van der Waals surface area (Å²) in [6.45, 7) is 1.98. The third-order valence-corrected chi connectivity index (χ3v) is 6.91. The van der Waals surface area contributed by atoms with E-state index < -0.39 is 5.97 Å². The monoisotopic (exact) mass is 492 g/mol. The van der Waals surface area contributed by atoms with Gasteiger partial charge in [0.1, 0.15) is 17.4 Å². The number of carbonyl (C=O) groups is 1. The van der Waals surface area contributed by atoms with Crippen molar-refractivity contribution in [2.24, 2.45) is 11.8 Å². The molecule has 7 heteroatoms. The summed E-state index contributed by atoms with van der Waals surface area (Å²) in [5.74, 6) is 5.53. The number of nitrogens with zero attached hydrogens (tertiary/aromatic N) is 2. The van der Waals surface area contributed by atoms with Gasteiger partial charge in [-0.3, -0.25) is 14.7 Å². The fourth-order valence-corrected chi connectivity index (χ4v) is 5.08. The molecular weight excluding hydrogens is 462 g/mol. The normalized spacial score (nSPS) is 18.0. The summed E-state index contributed by atoms with van der Waals surface area (Å²) < 4.78 is 33.3. The third-order valence-electron chi connectivity index (χ3n) is 6.91. The Balaban J connectivity index is 1.38. The number of fused-ring (bicyclic) bond motifs is 1. The number of piperidine rings is 1. The number of carboxylic acid groups (broad SMARTS) is 1. The smallest absolute Gasteiger partial charge is 0.303 e. The van der Waals surface area contributed by atoms with E-state index in [9.17, 15) is 18.7 Å². The van der Waals surface area contributed by atoms with Crippen LogP contribution in [0.1, 0.15) is 36.8 Å². The minimum Gasteiger partial charge on any atom is -0.497 e. The fraction of sp³-hybridized carbons (Fsp3) is 0.379. The van der Waals surface area contributed by atoms with Gasteiger partial charge in [-0.2, -0.15) is 0 Å². The van der Waals surface area contributed by atoms with E-state index in [2.05, 4.69) is 21.7 Å². The molecule has 1 N–H and O–H groups in total. The molecular formula is C29H30F2N2O3. The summed E-state index contributed by atoms with van der Waals surface area (Å²) in [5, 5.41) is 10.2. The molecule has 188 valence electrons. The number of halogens is 2. The van der Waals surface area contributed by atoms with Gasteiger partial charge in [-0.25, -0.2) is 8.78 Å². The van der Waals surface area contributed by atoms with Crippen LogP contribution in [-0.4, -0.2) is 47.7 Å². The number of aryl methyl sites for hydroxylation is 1. The molecule has 0 unspecified atom stereocenters. The highest BCUT2D eigenvalue weighted by atomic mass is 19.1. The molecule has 2 heterocycles. The number of methoxy groups -OCH3 is 1. The second-order valence-electron chi connectivity index (χ2n) is 9.31. The first kappa shape index (κ1) is 25.6. The molecule has 0 saturated carbocycles. The summed E-state index contributed by atoms with van der Waals surface area (Å²) in [7, 11) is 1.58. The molecule has 1 fully saturated rings. The number of benzene rings is 2. The molecule has 2 aromatic carbocycles. The van der Waals surface area contributed by atoms with Gasteiger partial charge in [-0.15, -0.1) is 0 Å². The lowest BCUT2D eigenvalue weighted by Gasteiger charge is -2.37. The van der Waals surface area contributed by atoms with Gasteiger partial charge in [0.25, 0.3) is 0 Å². The quantitative estimate of drug-likeness (QED) is 0.432. The van der Waals surface area contributed by atoms with Crippen LogP contribution in [0, 0.1) is 35.3 Å². The van der Waals surface area contributed by atoms with E-state index in [0.29, 0.717) is 36.4 Å². The van der Waals surface area contributed by atoms with E-state index in [-0.39, 0.29) is 29.9 Å². The maximum Gasteiger partial charge on any atom is 0.303 e. The van der Waals surface area contributed by atoms with Crippen molar-refractivity contribution in [3.63, 3.8) is 0 Å². The van der Waals surface area contributed by atoms with Crippen molar-refractivity contribution in [2.75, 3.05) is 26.7 Å². The molecule has 1 aliphatic rings. The summed E-state index contributed by atoms with van der Waals surface area (Å²) in [4.78, 5) is 17.9. The van der Waals surface area contributed by atoms with E-state index in [1.165, 1.54) is 18.3 Å². The average molecular weight is 493 g/mol. The zero-order valence-corrected chi connectivity index (χ0v) is 20.3. The average Bonchev–Trinajstić information content (AvgIpc) is 2.86. The highest BCUT2D eigenvalue weighted by Crippen LogP contribution is 2.32. The van der Waals surface area contributed by atoms with Crippen LogP contribution in [-0.2, 0) is 11.2 Å². The SMILES string of the molecule is COc1ccc2ncc(F)c(CCC[C@@H]3CCN(CC#Cc4cccc(F)c4)C[C@H]3CC(=O)O)c2c1. The highest BCUT2D eigenvalue weighted by molar-refractivity contribution is 5.83. The van der Waals surface area contributed by atoms with Crippen LogP contribution >= 0.6 is 0 Å². The van der Waals surface area contributed by atoms with Gasteiger partial charge in [0.15, 0.2) is 0 Å². The second kappa shape index (κ2) is 12.0. The molecule has 4 rings (SSSR count). The molecule has 1 aromatic heterocycles. The summed E-state index contributed by atoms with van der Waals surface area (Å²) in [6, 6.07) is 11.6. The van der Waals surface area contributed by atoms with E-state index in [1.54, 1.807) is 19.2 Å². The predicted molar refractivity (Wildman–Crippen MR) is 135 cm³/mol. The van der Waals surface area contributed by atoms with Crippen LogP contribution in [0.5, 0.6) is 5.75 Å². The van der Waals surface area contributed by atoms with E-state index in [0.717, 1.165) is 36.7 Å². The largest absolute Gasteiger partial charge is 0.497 e. The van der Waals surface area contributed by atoms with Crippen molar-refractivity contribution in [3.8, 4) is 17.6 Å². The van der Waals surface area contributed by atoms with Crippen molar-refractivity contribution < 1.29 is 23.4 Å². The first-order valence-corrected chi connectivity index (χ1v) is 12.2. The Morgan fingerprint density at radius 1 is 1.22 bits per heavy atom. The van der Waals surface area contributed by atoms with E-state index in [1.807, 2.05) is 18.2 Å². The van der Waals surface area contributed by atoms with Crippen molar-refractivity contribution in [1.29, 1.82) is 0 Å². The summed E-state index contributed by atoms with van der Waals surface area (Å²) >= 11 is 0. The van der Waals surface area contributed by atoms with Crippen molar-refractivity contribution in [1.82, 2.24) is 9.88 Å².